The normalized spacial score (nSPS) is 16.3. The summed E-state index contributed by atoms with van der Waals surface area (Å²) in [6, 6.07) is 15.5. The standard InChI is InChI=1S/C17H14O3/c18-17(19)11-12-6-8-16-14(10-12)7-9-15(20-16)13-4-2-1-3-5-13/h1-10,15H,11H2,(H,18,19). The van der Waals surface area contributed by atoms with E-state index in [0.29, 0.717) is 0 Å². The quantitative estimate of drug-likeness (QED) is 0.925. The molecule has 0 bridgehead atoms. The average Bonchev–Trinajstić information content (AvgIpc) is 2.47. The van der Waals surface area contributed by atoms with Crippen LogP contribution < -0.4 is 4.74 Å². The molecule has 2 aromatic carbocycles. The van der Waals surface area contributed by atoms with Gasteiger partial charge in [0.2, 0.25) is 0 Å². The number of ether oxygens (including phenoxy) is 1. The molecular weight excluding hydrogens is 252 g/mol. The summed E-state index contributed by atoms with van der Waals surface area (Å²) in [5.41, 5.74) is 2.81. The fraction of sp³-hybridized carbons (Fsp3) is 0.118. The smallest absolute Gasteiger partial charge is 0.307 e. The molecule has 100 valence electrons. The molecule has 0 fully saturated rings. The molecule has 3 rings (SSSR count). The molecule has 0 aromatic heterocycles. The summed E-state index contributed by atoms with van der Waals surface area (Å²) in [7, 11) is 0. The third-order valence-electron chi connectivity index (χ3n) is 3.26. The number of carbonyl (C=O) groups is 1. The predicted octanol–water partition coefficient (Wildman–Crippen LogP) is 3.46. The second-order valence-corrected chi connectivity index (χ2v) is 4.75. The summed E-state index contributed by atoms with van der Waals surface area (Å²) < 4.78 is 5.94. The van der Waals surface area contributed by atoms with Gasteiger partial charge in [0.15, 0.2) is 0 Å². The molecule has 1 heterocycles. The Bertz CT molecular complexity index is 659. The number of benzene rings is 2. The number of carboxylic acid groups (broad SMARTS) is 1. The summed E-state index contributed by atoms with van der Waals surface area (Å²) in [5.74, 6) is -0.0386. The van der Waals surface area contributed by atoms with Crippen molar-refractivity contribution in [2.45, 2.75) is 12.5 Å². The fourth-order valence-electron chi connectivity index (χ4n) is 2.31. The fourth-order valence-corrected chi connectivity index (χ4v) is 2.31. The topological polar surface area (TPSA) is 46.5 Å². The van der Waals surface area contributed by atoms with Gasteiger partial charge < -0.3 is 9.84 Å². The summed E-state index contributed by atoms with van der Waals surface area (Å²) in [6.45, 7) is 0. The first-order valence-electron chi connectivity index (χ1n) is 6.47. The second-order valence-electron chi connectivity index (χ2n) is 4.75. The van der Waals surface area contributed by atoms with E-state index in [1.165, 1.54) is 0 Å². The van der Waals surface area contributed by atoms with Gasteiger partial charge >= 0.3 is 5.97 Å². The van der Waals surface area contributed by atoms with Crippen molar-refractivity contribution in [2.24, 2.45) is 0 Å². The third-order valence-corrected chi connectivity index (χ3v) is 3.26. The molecule has 0 radical (unpaired) electrons. The van der Waals surface area contributed by atoms with Gasteiger partial charge in [-0.2, -0.15) is 0 Å². The Labute approximate surface area is 117 Å². The minimum atomic E-state index is -0.826. The first-order valence-corrected chi connectivity index (χ1v) is 6.47. The molecule has 3 heteroatoms. The van der Waals surface area contributed by atoms with Crippen molar-refractivity contribution >= 4 is 12.0 Å². The van der Waals surface area contributed by atoms with Crippen LogP contribution >= 0.6 is 0 Å². The lowest BCUT2D eigenvalue weighted by Gasteiger charge is -2.22. The highest BCUT2D eigenvalue weighted by molar-refractivity contribution is 5.71. The Hall–Kier alpha value is -2.55. The zero-order valence-electron chi connectivity index (χ0n) is 10.8. The van der Waals surface area contributed by atoms with Crippen molar-refractivity contribution < 1.29 is 14.6 Å². The minimum absolute atomic E-state index is 0.0310. The molecule has 0 amide bonds. The molecule has 1 aliphatic rings. The van der Waals surface area contributed by atoms with Gasteiger partial charge in [-0.3, -0.25) is 4.79 Å². The summed E-state index contributed by atoms with van der Waals surface area (Å²) in [4.78, 5) is 10.7. The van der Waals surface area contributed by atoms with E-state index < -0.39 is 5.97 Å². The maximum Gasteiger partial charge on any atom is 0.307 e. The van der Waals surface area contributed by atoms with Crippen molar-refractivity contribution in [1.29, 1.82) is 0 Å². The van der Waals surface area contributed by atoms with E-state index in [9.17, 15) is 4.79 Å². The maximum atomic E-state index is 10.7. The van der Waals surface area contributed by atoms with Gasteiger partial charge in [-0.25, -0.2) is 0 Å². The van der Waals surface area contributed by atoms with E-state index in [2.05, 4.69) is 0 Å². The van der Waals surface area contributed by atoms with Gasteiger partial charge in [-0.1, -0.05) is 42.5 Å². The molecule has 1 N–H and O–H groups in total. The van der Waals surface area contributed by atoms with E-state index in [4.69, 9.17) is 9.84 Å². The van der Waals surface area contributed by atoms with Crippen LogP contribution in [0.5, 0.6) is 5.75 Å². The third kappa shape index (κ3) is 2.57. The molecule has 1 atom stereocenters. The van der Waals surface area contributed by atoms with E-state index in [1.807, 2.05) is 54.6 Å². The Morgan fingerprint density at radius 1 is 1.15 bits per heavy atom. The number of hydrogen-bond acceptors (Lipinski definition) is 2. The lowest BCUT2D eigenvalue weighted by molar-refractivity contribution is -0.136. The van der Waals surface area contributed by atoms with Crippen LogP contribution in [0.4, 0.5) is 0 Å². The van der Waals surface area contributed by atoms with Crippen molar-refractivity contribution in [1.82, 2.24) is 0 Å². The Kier molecular flexibility index (Phi) is 3.25. The van der Waals surface area contributed by atoms with Crippen LogP contribution in [0.1, 0.15) is 22.8 Å². The van der Waals surface area contributed by atoms with E-state index >= 15 is 0 Å². The molecule has 0 saturated heterocycles. The molecule has 1 unspecified atom stereocenters. The molecule has 0 aliphatic carbocycles. The first kappa shape index (κ1) is 12.5. The van der Waals surface area contributed by atoms with Gasteiger partial charge in [0, 0.05) is 5.56 Å². The summed E-state index contributed by atoms with van der Waals surface area (Å²) in [5, 5.41) is 8.81. The number of hydrogen-bond donors (Lipinski definition) is 1. The average molecular weight is 266 g/mol. The number of carboxylic acids is 1. The number of fused-ring (bicyclic) bond motifs is 1. The number of aliphatic carboxylic acids is 1. The lowest BCUT2D eigenvalue weighted by Crippen LogP contribution is -2.09. The van der Waals surface area contributed by atoms with Crippen molar-refractivity contribution in [2.75, 3.05) is 0 Å². The van der Waals surface area contributed by atoms with Crippen LogP contribution in [0.3, 0.4) is 0 Å². The maximum absolute atomic E-state index is 10.7. The molecule has 0 saturated carbocycles. The highest BCUT2D eigenvalue weighted by Crippen LogP contribution is 2.33. The van der Waals surface area contributed by atoms with Gasteiger partial charge in [-0.15, -0.1) is 0 Å². The van der Waals surface area contributed by atoms with E-state index in [1.54, 1.807) is 6.07 Å². The highest BCUT2D eigenvalue weighted by Gasteiger charge is 2.16. The molecule has 20 heavy (non-hydrogen) atoms. The zero-order valence-corrected chi connectivity index (χ0v) is 10.8. The van der Waals surface area contributed by atoms with Crippen LogP contribution in [0, 0.1) is 0 Å². The van der Waals surface area contributed by atoms with Gasteiger partial charge in [0.1, 0.15) is 11.9 Å². The highest BCUT2D eigenvalue weighted by atomic mass is 16.5. The lowest BCUT2D eigenvalue weighted by atomic mass is 10.0. The van der Waals surface area contributed by atoms with Crippen LogP contribution in [0.15, 0.2) is 54.6 Å². The van der Waals surface area contributed by atoms with Crippen LogP contribution in [0.2, 0.25) is 0 Å². The second kappa shape index (κ2) is 5.21. The Morgan fingerprint density at radius 3 is 2.70 bits per heavy atom. The minimum Gasteiger partial charge on any atom is -0.481 e. The van der Waals surface area contributed by atoms with Crippen molar-refractivity contribution in [3.63, 3.8) is 0 Å². The largest absolute Gasteiger partial charge is 0.481 e. The molecule has 2 aromatic rings. The number of rotatable bonds is 3. The van der Waals surface area contributed by atoms with E-state index in [0.717, 1.165) is 22.4 Å². The van der Waals surface area contributed by atoms with Gasteiger partial charge in [0.05, 0.1) is 6.42 Å². The van der Waals surface area contributed by atoms with E-state index in [-0.39, 0.29) is 12.5 Å². The van der Waals surface area contributed by atoms with Crippen molar-refractivity contribution in [3.05, 3.63) is 71.3 Å². The molecule has 1 aliphatic heterocycles. The van der Waals surface area contributed by atoms with Crippen LogP contribution in [-0.2, 0) is 11.2 Å². The monoisotopic (exact) mass is 266 g/mol. The Balaban J connectivity index is 1.85. The van der Waals surface area contributed by atoms with Crippen LogP contribution in [0.25, 0.3) is 6.08 Å². The molecular formula is C17H14O3. The van der Waals surface area contributed by atoms with Gasteiger partial charge in [0.25, 0.3) is 0 Å². The summed E-state index contributed by atoms with van der Waals surface area (Å²) >= 11 is 0. The van der Waals surface area contributed by atoms with Gasteiger partial charge in [-0.05, 0) is 29.3 Å². The molecule has 0 spiro atoms. The molecule has 3 nitrogen and oxygen atoms in total. The van der Waals surface area contributed by atoms with Crippen LogP contribution in [-0.4, -0.2) is 11.1 Å². The van der Waals surface area contributed by atoms with Crippen molar-refractivity contribution in [3.8, 4) is 5.75 Å². The predicted molar refractivity (Wildman–Crippen MR) is 76.6 cm³/mol. The first-order chi connectivity index (χ1) is 9.72. The zero-order chi connectivity index (χ0) is 13.9. The Morgan fingerprint density at radius 2 is 1.95 bits per heavy atom. The summed E-state index contributed by atoms with van der Waals surface area (Å²) in [6.07, 6.45) is 3.92. The SMILES string of the molecule is O=C(O)Cc1ccc2c(c1)C=CC(c1ccccc1)O2.